The van der Waals surface area contributed by atoms with Crippen LogP contribution in [0.25, 0.3) is 11.1 Å². The highest BCUT2D eigenvalue weighted by Crippen LogP contribution is 2.43. The third-order valence-corrected chi connectivity index (χ3v) is 4.98. The summed E-state index contributed by atoms with van der Waals surface area (Å²) < 4.78 is 11.6. The minimum atomic E-state index is 0.00901. The van der Waals surface area contributed by atoms with E-state index in [9.17, 15) is 5.11 Å². The highest BCUT2D eigenvalue weighted by molar-refractivity contribution is 5.76. The van der Waals surface area contributed by atoms with Gasteiger partial charge in [-0.15, -0.1) is 0 Å². The lowest BCUT2D eigenvalue weighted by Gasteiger charge is -2.29. The van der Waals surface area contributed by atoms with Crippen LogP contribution in [0.1, 0.15) is 34.1 Å². The van der Waals surface area contributed by atoms with E-state index in [4.69, 9.17) is 9.26 Å². The molecule has 4 heteroatoms. The monoisotopic (exact) mass is 335 g/mol. The maximum atomic E-state index is 9.79. The van der Waals surface area contributed by atoms with Crippen LogP contribution in [-0.4, -0.2) is 16.9 Å². The Morgan fingerprint density at radius 3 is 2.60 bits per heavy atom. The molecular formula is C21H21NO3. The average Bonchev–Trinajstić information content (AvgIpc) is 2.99. The van der Waals surface area contributed by atoms with E-state index >= 15 is 0 Å². The van der Waals surface area contributed by atoms with Gasteiger partial charge in [0.2, 0.25) is 0 Å². The van der Waals surface area contributed by atoms with Crippen LogP contribution < -0.4 is 4.74 Å². The van der Waals surface area contributed by atoms with Gasteiger partial charge in [0.15, 0.2) is 0 Å². The van der Waals surface area contributed by atoms with Crippen molar-refractivity contribution in [2.45, 2.75) is 32.8 Å². The number of aromatic nitrogens is 1. The fraction of sp³-hybridized carbons (Fsp3) is 0.286. The van der Waals surface area contributed by atoms with Gasteiger partial charge in [0.1, 0.15) is 11.5 Å². The second-order valence-electron chi connectivity index (χ2n) is 6.56. The summed E-state index contributed by atoms with van der Waals surface area (Å²) in [6, 6.07) is 14.4. The average molecular weight is 335 g/mol. The molecule has 0 spiro atoms. The fourth-order valence-corrected chi connectivity index (χ4v) is 3.70. The maximum Gasteiger partial charge on any atom is 0.141 e. The molecular weight excluding hydrogens is 314 g/mol. The van der Waals surface area contributed by atoms with Gasteiger partial charge < -0.3 is 14.4 Å². The molecule has 0 saturated carbocycles. The van der Waals surface area contributed by atoms with Crippen molar-refractivity contribution >= 4 is 0 Å². The summed E-state index contributed by atoms with van der Waals surface area (Å²) >= 11 is 0. The summed E-state index contributed by atoms with van der Waals surface area (Å²) in [5.74, 6) is 1.93. The number of ether oxygens (including phenoxy) is 1. The van der Waals surface area contributed by atoms with E-state index in [1.807, 2.05) is 32.0 Å². The summed E-state index contributed by atoms with van der Waals surface area (Å²) in [6.45, 7) is 4.49. The van der Waals surface area contributed by atoms with Crippen LogP contribution in [0.3, 0.4) is 0 Å². The number of aliphatic hydroxyl groups is 1. The van der Waals surface area contributed by atoms with Crippen molar-refractivity contribution in [3.63, 3.8) is 0 Å². The van der Waals surface area contributed by atoms with E-state index in [-0.39, 0.29) is 6.61 Å². The van der Waals surface area contributed by atoms with Crippen LogP contribution in [0, 0.1) is 13.8 Å². The van der Waals surface area contributed by atoms with Crippen molar-refractivity contribution in [1.82, 2.24) is 5.16 Å². The van der Waals surface area contributed by atoms with Gasteiger partial charge in [-0.05, 0) is 31.4 Å². The van der Waals surface area contributed by atoms with E-state index in [0.29, 0.717) is 12.5 Å². The first-order chi connectivity index (χ1) is 12.2. The number of hydrogen-bond donors (Lipinski definition) is 1. The van der Waals surface area contributed by atoms with Gasteiger partial charge in [-0.2, -0.15) is 0 Å². The van der Waals surface area contributed by atoms with Gasteiger partial charge in [-0.1, -0.05) is 47.6 Å². The van der Waals surface area contributed by atoms with Crippen molar-refractivity contribution in [2.24, 2.45) is 0 Å². The zero-order chi connectivity index (χ0) is 17.4. The van der Waals surface area contributed by atoms with Gasteiger partial charge >= 0.3 is 0 Å². The van der Waals surface area contributed by atoms with Crippen molar-refractivity contribution in [3.05, 3.63) is 70.6 Å². The van der Waals surface area contributed by atoms with Gasteiger partial charge in [0.05, 0.1) is 24.5 Å². The van der Waals surface area contributed by atoms with E-state index in [0.717, 1.165) is 45.9 Å². The molecule has 3 aromatic rings. The quantitative estimate of drug-likeness (QED) is 0.780. The molecule has 0 amide bonds. The van der Waals surface area contributed by atoms with E-state index in [1.54, 1.807) is 0 Å². The molecule has 1 atom stereocenters. The maximum absolute atomic E-state index is 9.79. The predicted molar refractivity (Wildman–Crippen MR) is 95.7 cm³/mol. The molecule has 25 heavy (non-hydrogen) atoms. The molecule has 128 valence electrons. The number of benzene rings is 2. The van der Waals surface area contributed by atoms with E-state index < -0.39 is 0 Å². The molecule has 1 aromatic heterocycles. The Hall–Kier alpha value is -2.59. The summed E-state index contributed by atoms with van der Waals surface area (Å²) in [5.41, 5.74) is 6.10. The Kier molecular flexibility index (Phi) is 4.06. The van der Waals surface area contributed by atoms with Gasteiger partial charge in [0.25, 0.3) is 0 Å². The highest BCUT2D eigenvalue weighted by atomic mass is 16.5. The second-order valence-corrected chi connectivity index (χ2v) is 6.56. The first-order valence-electron chi connectivity index (χ1n) is 8.55. The second kappa shape index (κ2) is 6.37. The minimum Gasteiger partial charge on any atom is -0.492 e. The third-order valence-electron chi connectivity index (χ3n) is 4.98. The summed E-state index contributed by atoms with van der Waals surface area (Å²) in [7, 11) is 0. The summed E-state index contributed by atoms with van der Waals surface area (Å²) in [4.78, 5) is 0. The lowest BCUT2D eigenvalue weighted by Crippen LogP contribution is -2.21. The van der Waals surface area contributed by atoms with Crippen LogP contribution in [-0.2, 0) is 13.0 Å². The van der Waals surface area contributed by atoms with E-state index in [1.165, 1.54) is 5.56 Å². The van der Waals surface area contributed by atoms with Gasteiger partial charge in [-0.25, -0.2) is 0 Å². The molecule has 1 unspecified atom stereocenters. The molecule has 1 aliphatic rings. The Morgan fingerprint density at radius 2 is 1.92 bits per heavy atom. The molecule has 0 aliphatic carbocycles. The fourth-order valence-electron chi connectivity index (χ4n) is 3.70. The first-order valence-corrected chi connectivity index (χ1v) is 8.55. The standard InChI is InChI=1S/C21H21NO3/c1-13-20(14(2)25-22-13)18-9-8-16(11-23)19-10-17(12-24-21(18)19)15-6-4-3-5-7-15/h3-9,17,23H,10-12H2,1-2H3. The Labute approximate surface area is 147 Å². The summed E-state index contributed by atoms with van der Waals surface area (Å²) in [5, 5.41) is 13.9. The van der Waals surface area contributed by atoms with Crippen molar-refractivity contribution in [2.75, 3.05) is 6.61 Å². The van der Waals surface area contributed by atoms with Crippen LogP contribution in [0.5, 0.6) is 5.75 Å². The van der Waals surface area contributed by atoms with Gasteiger partial charge in [0, 0.05) is 17.0 Å². The SMILES string of the molecule is Cc1noc(C)c1-c1ccc(CO)c2c1OCC(c1ccccc1)C2. The van der Waals surface area contributed by atoms with Crippen LogP contribution in [0.2, 0.25) is 0 Å². The Morgan fingerprint density at radius 1 is 1.12 bits per heavy atom. The smallest absolute Gasteiger partial charge is 0.141 e. The number of aryl methyl sites for hydroxylation is 2. The highest BCUT2D eigenvalue weighted by Gasteiger charge is 2.28. The Balaban J connectivity index is 1.81. The van der Waals surface area contributed by atoms with Crippen LogP contribution in [0.4, 0.5) is 0 Å². The molecule has 0 radical (unpaired) electrons. The molecule has 1 aliphatic heterocycles. The molecule has 2 aromatic carbocycles. The van der Waals surface area contributed by atoms with Gasteiger partial charge in [-0.3, -0.25) is 0 Å². The summed E-state index contributed by atoms with van der Waals surface area (Å²) in [6.07, 6.45) is 0.854. The molecule has 1 N–H and O–H groups in total. The number of aliphatic hydroxyl groups excluding tert-OH is 1. The zero-order valence-corrected chi connectivity index (χ0v) is 14.5. The van der Waals surface area contributed by atoms with Crippen LogP contribution in [0.15, 0.2) is 47.0 Å². The van der Waals surface area contributed by atoms with Crippen molar-refractivity contribution in [1.29, 1.82) is 0 Å². The minimum absolute atomic E-state index is 0.00901. The predicted octanol–water partition coefficient (Wildman–Crippen LogP) is 4.17. The number of nitrogens with zero attached hydrogens (tertiary/aromatic N) is 1. The topological polar surface area (TPSA) is 55.5 Å². The molecule has 2 heterocycles. The van der Waals surface area contributed by atoms with E-state index in [2.05, 4.69) is 29.4 Å². The van der Waals surface area contributed by atoms with Crippen molar-refractivity contribution < 1.29 is 14.4 Å². The lowest BCUT2D eigenvalue weighted by molar-refractivity contribution is 0.252. The molecule has 0 fully saturated rings. The number of fused-ring (bicyclic) bond motifs is 1. The third kappa shape index (κ3) is 2.72. The molecule has 4 nitrogen and oxygen atoms in total. The lowest BCUT2D eigenvalue weighted by atomic mass is 9.86. The zero-order valence-electron chi connectivity index (χ0n) is 14.5. The number of hydrogen-bond acceptors (Lipinski definition) is 4. The normalized spacial score (nSPS) is 16.4. The molecule has 0 saturated heterocycles. The number of rotatable bonds is 3. The largest absolute Gasteiger partial charge is 0.492 e. The van der Waals surface area contributed by atoms with Crippen molar-refractivity contribution in [3.8, 4) is 16.9 Å². The Bertz CT molecular complexity index is 880. The molecule has 0 bridgehead atoms. The van der Waals surface area contributed by atoms with Crippen LogP contribution >= 0.6 is 0 Å². The first kappa shape index (κ1) is 15.9. The molecule has 4 rings (SSSR count).